The molecule has 0 bridgehead atoms. The van der Waals surface area contributed by atoms with Gasteiger partial charge in [0.25, 0.3) is 10.0 Å². The van der Waals surface area contributed by atoms with Crippen molar-refractivity contribution < 1.29 is 13.2 Å². The molecule has 0 heterocycles. The van der Waals surface area contributed by atoms with Crippen molar-refractivity contribution in [2.24, 2.45) is 0 Å². The summed E-state index contributed by atoms with van der Waals surface area (Å²) >= 11 is 0. The molecule has 156 valence electrons. The Kier molecular flexibility index (Phi) is 6.57. The lowest BCUT2D eigenvalue weighted by atomic mass is 10.1. The molecule has 0 aliphatic rings. The number of amides is 1. The first-order valence-corrected chi connectivity index (χ1v) is 11.2. The van der Waals surface area contributed by atoms with Crippen LogP contribution in [0.15, 0.2) is 77.7 Å². The highest BCUT2D eigenvalue weighted by Crippen LogP contribution is 2.27. The maximum absolute atomic E-state index is 13.4. The third-order valence-electron chi connectivity index (χ3n) is 4.81. The summed E-state index contributed by atoms with van der Waals surface area (Å²) in [4.78, 5) is 12.9. The van der Waals surface area contributed by atoms with Gasteiger partial charge >= 0.3 is 0 Å². The number of aryl methyl sites for hydroxylation is 3. The largest absolute Gasteiger partial charge is 0.350 e. The molecule has 0 aliphatic heterocycles. The smallest absolute Gasteiger partial charge is 0.264 e. The second-order valence-electron chi connectivity index (χ2n) is 7.38. The normalized spacial score (nSPS) is 11.2. The van der Waals surface area contributed by atoms with Crippen molar-refractivity contribution >= 4 is 21.6 Å². The lowest BCUT2D eigenvalue weighted by Crippen LogP contribution is -2.41. The van der Waals surface area contributed by atoms with Crippen LogP contribution in [0.5, 0.6) is 0 Å². The van der Waals surface area contributed by atoms with E-state index in [0.29, 0.717) is 12.2 Å². The summed E-state index contributed by atoms with van der Waals surface area (Å²) in [5, 5.41) is 2.84. The van der Waals surface area contributed by atoms with Crippen LogP contribution < -0.4 is 9.62 Å². The van der Waals surface area contributed by atoms with Crippen LogP contribution in [0.25, 0.3) is 0 Å². The average molecular weight is 423 g/mol. The molecule has 3 rings (SSSR count). The van der Waals surface area contributed by atoms with Gasteiger partial charge in [-0.05, 0) is 50.1 Å². The van der Waals surface area contributed by atoms with Crippen LogP contribution in [0.4, 0.5) is 5.69 Å². The van der Waals surface area contributed by atoms with Gasteiger partial charge in [-0.15, -0.1) is 0 Å². The van der Waals surface area contributed by atoms with Gasteiger partial charge in [0.2, 0.25) is 5.91 Å². The first-order chi connectivity index (χ1) is 14.3. The zero-order chi connectivity index (χ0) is 21.7. The summed E-state index contributed by atoms with van der Waals surface area (Å²) < 4.78 is 27.9. The minimum Gasteiger partial charge on any atom is -0.350 e. The fourth-order valence-electron chi connectivity index (χ4n) is 3.31. The summed E-state index contributed by atoms with van der Waals surface area (Å²) in [7, 11) is -3.90. The molecule has 0 aliphatic carbocycles. The summed E-state index contributed by atoms with van der Waals surface area (Å²) in [6.45, 7) is 5.82. The van der Waals surface area contributed by atoms with E-state index in [1.807, 2.05) is 57.2 Å². The molecule has 1 N–H and O–H groups in total. The van der Waals surface area contributed by atoms with Crippen LogP contribution in [0.3, 0.4) is 0 Å². The van der Waals surface area contributed by atoms with Crippen molar-refractivity contribution in [2.75, 3.05) is 10.8 Å². The Balaban J connectivity index is 1.88. The number of anilines is 1. The highest BCUT2D eigenvalue weighted by molar-refractivity contribution is 7.92. The SMILES string of the molecule is Cc1cccc(CNC(=O)CN(c2ccc(C)cc2C)S(=O)(=O)c2ccccc2)c1. The lowest BCUT2D eigenvalue weighted by molar-refractivity contribution is -0.119. The Bertz CT molecular complexity index is 1140. The first-order valence-electron chi connectivity index (χ1n) is 9.74. The van der Waals surface area contributed by atoms with E-state index in [4.69, 9.17) is 0 Å². The fourth-order valence-corrected chi connectivity index (χ4v) is 4.82. The van der Waals surface area contributed by atoms with Crippen molar-refractivity contribution in [3.8, 4) is 0 Å². The highest BCUT2D eigenvalue weighted by atomic mass is 32.2. The Morgan fingerprint density at radius 3 is 2.23 bits per heavy atom. The second kappa shape index (κ2) is 9.13. The van der Waals surface area contributed by atoms with Crippen LogP contribution in [-0.2, 0) is 21.4 Å². The topological polar surface area (TPSA) is 66.5 Å². The van der Waals surface area contributed by atoms with E-state index in [9.17, 15) is 13.2 Å². The maximum Gasteiger partial charge on any atom is 0.264 e. The van der Waals surface area contributed by atoms with E-state index in [0.717, 1.165) is 22.3 Å². The molecule has 0 atom stereocenters. The average Bonchev–Trinajstić information content (AvgIpc) is 2.72. The number of nitrogens with one attached hydrogen (secondary N) is 1. The number of hydrogen-bond donors (Lipinski definition) is 1. The second-order valence-corrected chi connectivity index (χ2v) is 9.24. The van der Waals surface area contributed by atoms with Crippen LogP contribution >= 0.6 is 0 Å². The number of carbonyl (C=O) groups is 1. The van der Waals surface area contributed by atoms with Crippen LogP contribution in [-0.4, -0.2) is 20.9 Å². The Hall–Kier alpha value is -3.12. The third kappa shape index (κ3) is 5.07. The predicted octanol–water partition coefficient (Wildman–Crippen LogP) is 4.12. The van der Waals surface area contributed by atoms with Crippen molar-refractivity contribution in [3.05, 3.63) is 95.1 Å². The minimum atomic E-state index is -3.90. The Labute approximate surface area is 178 Å². The number of rotatable bonds is 7. The minimum absolute atomic E-state index is 0.149. The molecule has 0 radical (unpaired) electrons. The van der Waals surface area contributed by atoms with E-state index in [1.54, 1.807) is 24.3 Å². The Morgan fingerprint density at radius 2 is 1.57 bits per heavy atom. The number of sulfonamides is 1. The number of nitrogens with zero attached hydrogens (tertiary/aromatic N) is 1. The van der Waals surface area contributed by atoms with Gasteiger partial charge in [0, 0.05) is 6.54 Å². The molecule has 5 nitrogen and oxygen atoms in total. The molecular weight excluding hydrogens is 396 g/mol. The quantitative estimate of drug-likeness (QED) is 0.623. The molecule has 6 heteroatoms. The summed E-state index contributed by atoms with van der Waals surface area (Å²) in [5.41, 5.74) is 4.38. The molecular formula is C24H26N2O3S. The highest BCUT2D eigenvalue weighted by Gasteiger charge is 2.28. The van der Waals surface area contributed by atoms with Crippen LogP contribution in [0.2, 0.25) is 0 Å². The molecule has 3 aromatic carbocycles. The molecule has 0 saturated heterocycles. The van der Waals surface area contributed by atoms with Gasteiger partial charge in [-0.2, -0.15) is 0 Å². The zero-order valence-corrected chi connectivity index (χ0v) is 18.2. The lowest BCUT2D eigenvalue weighted by Gasteiger charge is -2.26. The van der Waals surface area contributed by atoms with Gasteiger partial charge in [0.05, 0.1) is 10.6 Å². The van der Waals surface area contributed by atoms with E-state index >= 15 is 0 Å². The van der Waals surface area contributed by atoms with E-state index in [-0.39, 0.29) is 17.3 Å². The van der Waals surface area contributed by atoms with Gasteiger partial charge in [0.15, 0.2) is 0 Å². The fraction of sp³-hybridized carbons (Fsp3) is 0.208. The zero-order valence-electron chi connectivity index (χ0n) is 17.4. The van der Waals surface area contributed by atoms with Crippen molar-refractivity contribution in [3.63, 3.8) is 0 Å². The van der Waals surface area contributed by atoms with Gasteiger partial charge in [-0.25, -0.2) is 8.42 Å². The van der Waals surface area contributed by atoms with Crippen LogP contribution in [0, 0.1) is 20.8 Å². The van der Waals surface area contributed by atoms with Crippen molar-refractivity contribution in [1.82, 2.24) is 5.32 Å². The molecule has 0 fully saturated rings. The van der Waals surface area contributed by atoms with E-state index < -0.39 is 10.0 Å². The molecule has 0 spiro atoms. The predicted molar refractivity (Wildman–Crippen MR) is 120 cm³/mol. The van der Waals surface area contributed by atoms with Crippen molar-refractivity contribution in [2.45, 2.75) is 32.2 Å². The summed E-state index contributed by atoms with van der Waals surface area (Å²) in [6.07, 6.45) is 0. The summed E-state index contributed by atoms with van der Waals surface area (Å²) in [5.74, 6) is -0.365. The maximum atomic E-state index is 13.4. The van der Waals surface area contributed by atoms with Crippen LogP contribution in [0.1, 0.15) is 22.3 Å². The van der Waals surface area contributed by atoms with E-state index in [2.05, 4.69) is 5.32 Å². The third-order valence-corrected chi connectivity index (χ3v) is 6.59. The number of carbonyl (C=O) groups excluding carboxylic acids is 1. The number of hydrogen-bond acceptors (Lipinski definition) is 3. The molecule has 3 aromatic rings. The van der Waals surface area contributed by atoms with Gasteiger partial charge in [0.1, 0.15) is 6.54 Å². The first kappa shape index (κ1) is 21.6. The summed E-state index contributed by atoms with van der Waals surface area (Å²) in [6, 6.07) is 21.5. The van der Waals surface area contributed by atoms with Gasteiger partial charge < -0.3 is 5.32 Å². The standard InChI is InChI=1S/C24H26N2O3S/c1-18-8-7-9-21(15-18)16-25-24(27)17-26(23-13-12-19(2)14-20(23)3)30(28,29)22-10-5-4-6-11-22/h4-15H,16-17H2,1-3H3,(H,25,27). The van der Waals surface area contributed by atoms with Gasteiger partial charge in [-0.3, -0.25) is 9.10 Å². The molecule has 0 saturated carbocycles. The van der Waals surface area contributed by atoms with Gasteiger partial charge in [-0.1, -0.05) is 65.7 Å². The molecule has 0 unspecified atom stereocenters. The number of benzene rings is 3. The Morgan fingerprint density at radius 1 is 0.867 bits per heavy atom. The molecule has 0 aromatic heterocycles. The molecule has 1 amide bonds. The van der Waals surface area contributed by atoms with Crippen molar-refractivity contribution in [1.29, 1.82) is 0 Å². The molecule has 30 heavy (non-hydrogen) atoms. The monoisotopic (exact) mass is 422 g/mol. The van der Waals surface area contributed by atoms with E-state index in [1.165, 1.54) is 16.4 Å².